The summed E-state index contributed by atoms with van der Waals surface area (Å²) in [6, 6.07) is 9.79. The second kappa shape index (κ2) is 7.74. The molecule has 3 rings (SSSR count). The molecule has 1 unspecified atom stereocenters. The van der Waals surface area contributed by atoms with E-state index in [-0.39, 0.29) is 11.9 Å². The molecule has 0 spiro atoms. The van der Waals surface area contributed by atoms with Crippen molar-refractivity contribution in [1.82, 2.24) is 14.9 Å². The van der Waals surface area contributed by atoms with Crippen LogP contribution in [0.4, 0.5) is 5.82 Å². The smallest absolute Gasteiger partial charge is 0.233 e. The third-order valence-electron chi connectivity index (χ3n) is 4.25. The lowest BCUT2D eigenvalue weighted by atomic mass is 10.0. The van der Waals surface area contributed by atoms with E-state index in [0.717, 1.165) is 36.4 Å². The van der Waals surface area contributed by atoms with Gasteiger partial charge in [0.1, 0.15) is 11.6 Å². The van der Waals surface area contributed by atoms with Crippen LogP contribution >= 0.6 is 11.8 Å². The van der Waals surface area contributed by atoms with Crippen LogP contribution in [0.25, 0.3) is 0 Å². The molecule has 2 aromatic rings. The number of rotatable bonds is 5. The molecule has 6 nitrogen and oxygen atoms in total. The van der Waals surface area contributed by atoms with Gasteiger partial charge < -0.3 is 15.4 Å². The Labute approximate surface area is 151 Å². The molecule has 25 heavy (non-hydrogen) atoms. The molecule has 1 aliphatic heterocycles. The minimum absolute atomic E-state index is 0.104. The van der Waals surface area contributed by atoms with Crippen molar-refractivity contribution in [3.63, 3.8) is 0 Å². The van der Waals surface area contributed by atoms with Gasteiger partial charge in [-0.3, -0.25) is 4.79 Å². The van der Waals surface area contributed by atoms with E-state index in [9.17, 15) is 4.79 Å². The number of anilines is 1. The lowest BCUT2D eigenvalue weighted by Gasteiger charge is -2.25. The molecule has 0 saturated carbocycles. The van der Waals surface area contributed by atoms with E-state index < -0.39 is 0 Å². The minimum atomic E-state index is 0.104. The lowest BCUT2D eigenvalue weighted by Crippen LogP contribution is -2.32. The van der Waals surface area contributed by atoms with Crippen LogP contribution in [0.15, 0.2) is 35.5 Å². The number of amides is 1. The number of benzene rings is 1. The molecule has 0 bridgehead atoms. The van der Waals surface area contributed by atoms with Crippen LogP contribution in [-0.4, -0.2) is 40.2 Å². The van der Waals surface area contributed by atoms with Gasteiger partial charge in [-0.15, -0.1) is 0 Å². The number of hydrogen-bond donors (Lipinski definition) is 1. The molecule has 2 N–H and O–H groups in total. The van der Waals surface area contributed by atoms with Gasteiger partial charge in [0.25, 0.3) is 0 Å². The molecule has 1 aromatic carbocycles. The van der Waals surface area contributed by atoms with E-state index in [0.29, 0.717) is 16.7 Å². The van der Waals surface area contributed by atoms with Crippen molar-refractivity contribution in [2.75, 3.05) is 25.1 Å². The maximum atomic E-state index is 12.7. The zero-order valence-corrected chi connectivity index (χ0v) is 15.3. The number of aromatic nitrogens is 2. The summed E-state index contributed by atoms with van der Waals surface area (Å²) < 4.78 is 5.20. The maximum absolute atomic E-state index is 12.7. The fourth-order valence-corrected chi connectivity index (χ4v) is 3.87. The van der Waals surface area contributed by atoms with E-state index in [4.69, 9.17) is 10.5 Å². The summed E-state index contributed by atoms with van der Waals surface area (Å²) in [6.45, 7) is 2.65. The summed E-state index contributed by atoms with van der Waals surface area (Å²) >= 11 is 1.33. The number of methoxy groups -OCH3 is 1. The van der Waals surface area contributed by atoms with Crippen molar-refractivity contribution in [3.8, 4) is 5.75 Å². The van der Waals surface area contributed by atoms with Crippen molar-refractivity contribution >= 4 is 23.5 Å². The highest BCUT2D eigenvalue weighted by molar-refractivity contribution is 7.99. The third kappa shape index (κ3) is 4.22. The highest BCUT2D eigenvalue weighted by Gasteiger charge is 2.29. The normalized spacial score (nSPS) is 16.9. The zero-order valence-electron chi connectivity index (χ0n) is 14.4. The molecular formula is C18H22N4O2S. The SMILES string of the molecule is COc1ccc(C2CCCN2C(=O)CSc2nc(C)cc(N)n2)cc1. The van der Waals surface area contributed by atoms with Gasteiger partial charge in [-0.25, -0.2) is 9.97 Å². The first-order chi connectivity index (χ1) is 12.1. The third-order valence-corrected chi connectivity index (χ3v) is 5.08. The molecule has 2 heterocycles. The summed E-state index contributed by atoms with van der Waals surface area (Å²) in [7, 11) is 1.65. The van der Waals surface area contributed by atoms with Gasteiger partial charge >= 0.3 is 0 Å². The monoisotopic (exact) mass is 358 g/mol. The average Bonchev–Trinajstić information content (AvgIpc) is 3.09. The molecule has 1 amide bonds. The van der Waals surface area contributed by atoms with Crippen molar-refractivity contribution in [2.24, 2.45) is 0 Å². The van der Waals surface area contributed by atoms with Crippen LogP contribution in [-0.2, 0) is 4.79 Å². The van der Waals surface area contributed by atoms with Crippen LogP contribution in [0.3, 0.4) is 0 Å². The van der Waals surface area contributed by atoms with Gasteiger partial charge in [0.15, 0.2) is 5.16 Å². The van der Waals surface area contributed by atoms with Crippen LogP contribution < -0.4 is 10.5 Å². The Morgan fingerprint density at radius 3 is 2.80 bits per heavy atom. The molecule has 1 aromatic heterocycles. The Morgan fingerprint density at radius 2 is 2.12 bits per heavy atom. The highest BCUT2D eigenvalue weighted by Crippen LogP contribution is 2.33. The standard InChI is InChI=1S/C18H22N4O2S/c1-12-10-16(19)21-18(20-12)25-11-17(23)22-9-3-4-15(22)13-5-7-14(24-2)8-6-13/h5-8,10,15H,3-4,9,11H2,1-2H3,(H2,19,20,21). The van der Waals surface area contributed by atoms with E-state index in [1.165, 1.54) is 11.8 Å². The van der Waals surface area contributed by atoms with Crippen molar-refractivity contribution in [3.05, 3.63) is 41.6 Å². The number of nitrogen functional groups attached to an aromatic ring is 1. The topological polar surface area (TPSA) is 81.3 Å². The van der Waals surface area contributed by atoms with E-state index in [1.807, 2.05) is 36.1 Å². The van der Waals surface area contributed by atoms with Gasteiger partial charge in [-0.2, -0.15) is 0 Å². The fraction of sp³-hybridized carbons (Fsp3) is 0.389. The molecule has 1 fully saturated rings. The van der Waals surface area contributed by atoms with Gasteiger partial charge in [-0.1, -0.05) is 23.9 Å². The fourth-order valence-electron chi connectivity index (χ4n) is 3.08. The molecule has 1 aliphatic rings. The molecule has 132 valence electrons. The van der Waals surface area contributed by atoms with Gasteiger partial charge in [0.2, 0.25) is 5.91 Å². The van der Waals surface area contributed by atoms with Crippen molar-refractivity contribution < 1.29 is 9.53 Å². The second-order valence-corrected chi connectivity index (χ2v) is 6.97. The second-order valence-electron chi connectivity index (χ2n) is 6.02. The first kappa shape index (κ1) is 17.5. The Bertz CT molecular complexity index is 731. The summed E-state index contributed by atoms with van der Waals surface area (Å²) in [5.74, 6) is 1.67. The average molecular weight is 358 g/mol. The number of hydrogen-bond acceptors (Lipinski definition) is 6. The maximum Gasteiger partial charge on any atom is 0.233 e. The number of nitrogens with zero attached hydrogens (tertiary/aromatic N) is 3. The first-order valence-electron chi connectivity index (χ1n) is 8.24. The Kier molecular flexibility index (Phi) is 5.43. The van der Waals surface area contributed by atoms with E-state index in [2.05, 4.69) is 9.97 Å². The zero-order chi connectivity index (χ0) is 17.8. The van der Waals surface area contributed by atoms with Crippen LogP contribution in [0.5, 0.6) is 5.75 Å². The molecule has 0 radical (unpaired) electrons. The summed E-state index contributed by atoms with van der Waals surface area (Å²) in [4.78, 5) is 23.1. The van der Waals surface area contributed by atoms with Crippen LogP contribution in [0.1, 0.15) is 30.1 Å². The number of nitrogens with two attached hydrogens (primary N) is 1. The highest BCUT2D eigenvalue weighted by atomic mass is 32.2. The number of carbonyl (C=O) groups excluding carboxylic acids is 1. The lowest BCUT2D eigenvalue weighted by molar-refractivity contribution is -0.129. The van der Waals surface area contributed by atoms with E-state index in [1.54, 1.807) is 13.2 Å². The predicted octanol–water partition coefficient (Wildman–Crippen LogP) is 2.83. The van der Waals surface area contributed by atoms with Crippen LogP contribution in [0, 0.1) is 6.92 Å². The van der Waals surface area contributed by atoms with Crippen LogP contribution in [0.2, 0.25) is 0 Å². The van der Waals surface area contributed by atoms with E-state index >= 15 is 0 Å². The molecule has 7 heteroatoms. The van der Waals surface area contributed by atoms with Gasteiger partial charge in [-0.05, 0) is 37.5 Å². The number of ether oxygens (including phenoxy) is 1. The van der Waals surface area contributed by atoms with Gasteiger partial charge in [0, 0.05) is 18.3 Å². The number of thioether (sulfide) groups is 1. The molecule has 1 saturated heterocycles. The number of likely N-dealkylation sites (tertiary alicyclic amines) is 1. The quantitative estimate of drug-likeness (QED) is 0.654. The Morgan fingerprint density at radius 1 is 1.36 bits per heavy atom. The predicted molar refractivity (Wildman–Crippen MR) is 98.6 cm³/mol. The summed E-state index contributed by atoms with van der Waals surface area (Å²) in [5, 5.41) is 0.547. The number of carbonyl (C=O) groups is 1. The number of aryl methyl sites for hydroxylation is 1. The largest absolute Gasteiger partial charge is 0.497 e. The Hall–Kier alpha value is -2.28. The van der Waals surface area contributed by atoms with Crippen molar-refractivity contribution in [2.45, 2.75) is 31.0 Å². The van der Waals surface area contributed by atoms with Crippen molar-refractivity contribution in [1.29, 1.82) is 0 Å². The first-order valence-corrected chi connectivity index (χ1v) is 9.23. The summed E-state index contributed by atoms with van der Waals surface area (Å²) in [5.41, 5.74) is 7.69. The Balaban J connectivity index is 1.65. The minimum Gasteiger partial charge on any atom is -0.497 e. The molecule has 0 aliphatic carbocycles. The van der Waals surface area contributed by atoms with Gasteiger partial charge in [0.05, 0.1) is 18.9 Å². The molecule has 1 atom stereocenters. The summed E-state index contributed by atoms with van der Waals surface area (Å²) in [6.07, 6.45) is 2.00. The molecular weight excluding hydrogens is 336 g/mol.